The lowest BCUT2D eigenvalue weighted by molar-refractivity contribution is -0.238. The first-order chi connectivity index (χ1) is 14.4. The zero-order valence-electron chi connectivity index (χ0n) is 18.3. The van der Waals surface area contributed by atoms with Crippen molar-refractivity contribution in [3.05, 3.63) is 12.7 Å². The second-order valence-electron chi connectivity index (χ2n) is 11.4. The van der Waals surface area contributed by atoms with Gasteiger partial charge in [-0.15, -0.1) is 6.58 Å². The standard InChI is InChI=1S/C23H30O8/c1-6-7-11-10(2)22(27)14(28-11)9-20-13-8-12(19(3,4)5)21(20)15(24)16(25)30-18(21)31-23(20,22)17(26)29-13/h6,10-15,18,24,27H,1,7-9H2,2-5H3/t10-,11?,12+,13?,14?,15+,18?,20?,21?,22-,23?/m1/s1. The van der Waals surface area contributed by atoms with E-state index in [2.05, 4.69) is 6.58 Å². The molecule has 0 aromatic rings. The van der Waals surface area contributed by atoms with Crippen LogP contribution in [-0.2, 0) is 28.5 Å². The minimum atomic E-state index is -1.75. The molecule has 11 atom stereocenters. The van der Waals surface area contributed by atoms with Crippen molar-refractivity contribution in [2.45, 2.75) is 88.9 Å². The zero-order valence-corrected chi connectivity index (χ0v) is 18.3. The van der Waals surface area contributed by atoms with Gasteiger partial charge in [0.2, 0.25) is 11.9 Å². The van der Waals surface area contributed by atoms with Crippen LogP contribution in [-0.4, -0.2) is 64.1 Å². The number of esters is 2. The monoisotopic (exact) mass is 434 g/mol. The van der Waals surface area contributed by atoms with Crippen LogP contribution in [0.15, 0.2) is 12.7 Å². The van der Waals surface area contributed by atoms with Crippen LogP contribution in [0.4, 0.5) is 0 Å². The molecule has 6 rings (SSSR count). The fourth-order valence-electron chi connectivity index (χ4n) is 8.72. The minimum absolute atomic E-state index is 0.229. The lowest BCUT2D eigenvalue weighted by Crippen LogP contribution is -2.66. The zero-order chi connectivity index (χ0) is 22.4. The van der Waals surface area contributed by atoms with Crippen LogP contribution in [0.1, 0.15) is 47.0 Å². The van der Waals surface area contributed by atoms with Gasteiger partial charge in [0.05, 0.1) is 23.0 Å². The van der Waals surface area contributed by atoms with Crippen LogP contribution in [0.2, 0.25) is 0 Å². The summed E-state index contributed by atoms with van der Waals surface area (Å²) >= 11 is 0. The maximum atomic E-state index is 13.6. The highest BCUT2D eigenvalue weighted by Gasteiger charge is 3.00. The first-order valence-corrected chi connectivity index (χ1v) is 11.2. The summed E-state index contributed by atoms with van der Waals surface area (Å²) in [7, 11) is 0. The molecule has 4 heterocycles. The van der Waals surface area contributed by atoms with Gasteiger partial charge in [0.1, 0.15) is 11.7 Å². The highest BCUT2D eigenvalue weighted by atomic mass is 16.8. The molecule has 2 N–H and O–H groups in total. The molecule has 8 nitrogen and oxygen atoms in total. The lowest BCUT2D eigenvalue weighted by atomic mass is 9.51. The molecule has 0 aromatic carbocycles. The van der Waals surface area contributed by atoms with E-state index in [0.717, 1.165) is 0 Å². The number of hydrogen-bond donors (Lipinski definition) is 2. The molecule has 170 valence electrons. The molecule has 0 amide bonds. The Hall–Kier alpha value is -1.48. The molecule has 4 saturated heterocycles. The Balaban J connectivity index is 1.62. The number of aliphatic hydroxyl groups is 2. The molecule has 2 aliphatic carbocycles. The average molecular weight is 434 g/mol. The Kier molecular flexibility index (Phi) is 3.48. The molecule has 0 bridgehead atoms. The summed E-state index contributed by atoms with van der Waals surface area (Å²) in [5.41, 5.74) is -6.07. The molecule has 7 unspecified atom stereocenters. The largest absolute Gasteiger partial charge is 0.459 e. The summed E-state index contributed by atoms with van der Waals surface area (Å²) in [6.07, 6.45) is -1.19. The van der Waals surface area contributed by atoms with E-state index in [9.17, 15) is 19.8 Å². The van der Waals surface area contributed by atoms with E-state index in [1.807, 2.05) is 27.7 Å². The molecule has 4 aliphatic heterocycles. The average Bonchev–Trinajstić information content (AvgIpc) is 3.38. The van der Waals surface area contributed by atoms with Gasteiger partial charge in [0.25, 0.3) is 0 Å². The lowest BCUT2D eigenvalue weighted by Gasteiger charge is -2.47. The van der Waals surface area contributed by atoms with Gasteiger partial charge in [0.15, 0.2) is 6.10 Å². The van der Waals surface area contributed by atoms with Crippen molar-refractivity contribution in [2.24, 2.45) is 28.1 Å². The van der Waals surface area contributed by atoms with E-state index in [4.69, 9.17) is 18.9 Å². The van der Waals surface area contributed by atoms with Crippen molar-refractivity contribution < 1.29 is 38.7 Å². The third kappa shape index (κ3) is 1.64. The second-order valence-corrected chi connectivity index (χ2v) is 11.4. The molecular weight excluding hydrogens is 404 g/mol. The SMILES string of the molecule is C=CCC1OC2CC34C5C[C@@H](C(C)(C)C)C36C(OC(=O)[C@@H]6O)OC4(C(=O)O5)[C@@]2(O)[C@@H]1C. The van der Waals surface area contributed by atoms with Gasteiger partial charge in [-0.25, -0.2) is 9.59 Å². The Labute approximate surface area is 180 Å². The van der Waals surface area contributed by atoms with Crippen molar-refractivity contribution in [1.82, 2.24) is 0 Å². The molecule has 2 spiro atoms. The van der Waals surface area contributed by atoms with Crippen LogP contribution in [0.5, 0.6) is 0 Å². The predicted octanol–water partition coefficient (Wildman–Crippen LogP) is 1.08. The first kappa shape index (κ1) is 20.1. The van der Waals surface area contributed by atoms with Gasteiger partial charge in [-0.3, -0.25) is 0 Å². The maximum Gasteiger partial charge on any atom is 0.342 e. The number of fused-ring (bicyclic) bond motifs is 1. The van der Waals surface area contributed by atoms with E-state index in [1.54, 1.807) is 6.08 Å². The van der Waals surface area contributed by atoms with Crippen molar-refractivity contribution in [3.8, 4) is 0 Å². The normalized spacial score (nSPS) is 58.6. The summed E-state index contributed by atoms with van der Waals surface area (Å²) in [4.78, 5) is 26.2. The fourth-order valence-corrected chi connectivity index (χ4v) is 8.72. The van der Waals surface area contributed by atoms with Crippen LogP contribution < -0.4 is 0 Å². The van der Waals surface area contributed by atoms with Crippen LogP contribution in [0.25, 0.3) is 0 Å². The molecule has 0 radical (unpaired) electrons. The Morgan fingerprint density at radius 2 is 1.94 bits per heavy atom. The van der Waals surface area contributed by atoms with Gasteiger partial charge >= 0.3 is 11.9 Å². The summed E-state index contributed by atoms with van der Waals surface area (Å²) in [5.74, 6) is -2.06. The molecule has 0 aromatic heterocycles. The van der Waals surface area contributed by atoms with Crippen LogP contribution >= 0.6 is 0 Å². The van der Waals surface area contributed by atoms with E-state index >= 15 is 0 Å². The van der Waals surface area contributed by atoms with Crippen molar-refractivity contribution in [1.29, 1.82) is 0 Å². The highest BCUT2D eigenvalue weighted by Crippen LogP contribution is 2.84. The molecule has 6 fully saturated rings. The molecular formula is C23H30O8. The summed E-state index contributed by atoms with van der Waals surface area (Å²) in [6, 6.07) is 0. The Bertz CT molecular complexity index is 910. The summed E-state index contributed by atoms with van der Waals surface area (Å²) in [5, 5.41) is 23.6. The third-order valence-corrected chi connectivity index (χ3v) is 9.68. The second kappa shape index (κ2) is 5.35. The number of ether oxygens (including phenoxy) is 4. The van der Waals surface area contributed by atoms with Crippen LogP contribution in [0, 0.1) is 28.1 Å². The van der Waals surface area contributed by atoms with E-state index in [1.165, 1.54) is 0 Å². The number of rotatable bonds is 2. The van der Waals surface area contributed by atoms with Crippen molar-refractivity contribution in [2.75, 3.05) is 0 Å². The predicted molar refractivity (Wildman–Crippen MR) is 104 cm³/mol. The molecule has 2 saturated carbocycles. The van der Waals surface area contributed by atoms with Gasteiger partial charge < -0.3 is 29.2 Å². The molecule has 31 heavy (non-hydrogen) atoms. The van der Waals surface area contributed by atoms with E-state index in [0.29, 0.717) is 12.8 Å². The van der Waals surface area contributed by atoms with Gasteiger partial charge in [-0.05, 0) is 30.6 Å². The van der Waals surface area contributed by atoms with Crippen molar-refractivity contribution >= 4 is 11.9 Å². The van der Waals surface area contributed by atoms with Gasteiger partial charge in [0, 0.05) is 5.92 Å². The Morgan fingerprint density at radius 3 is 2.58 bits per heavy atom. The smallest absolute Gasteiger partial charge is 0.342 e. The van der Waals surface area contributed by atoms with Crippen molar-refractivity contribution in [3.63, 3.8) is 0 Å². The fraction of sp³-hybridized carbons (Fsp3) is 0.826. The summed E-state index contributed by atoms with van der Waals surface area (Å²) in [6.45, 7) is 11.8. The van der Waals surface area contributed by atoms with E-state index < -0.39 is 64.5 Å². The first-order valence-electron chi connectivity index (χ1n) is 11.2. The number of carbonyl (C=O) groups is 2. The Morgan fingerprint density at radius 1 is 1.23 bits per heavy atom. The third-order valence-electron chi connectivity index (χ3n) is 9.68. The summed E-state index contributed by atoms with van der Waals surface area (Å²) < 4.78 is 24.2. The molecule has 6 aliphatic rings. The number of aliphatic hydroxyl groups excluding tert-OH is 1. The number of hydrogen-bond acceptors (Lipinski definition) is 8. The van der Waals surface area contributed by atoms with Gasteiger partial charge in [-0.1, -0.05) is 33.8 Å². The van der Waals surface area contributed by atoms with Gasteiger partial charge in [-0.2, -0.15) is 0 Å². The topological polar surface area (TPSA) is 112 Å². The maximum absolute atomic E-state index is 13.6. The minimum Gasteiger partial charge on any atom is -0.459 e. The van der Waals surface area contributed by atoms with E-state index in [-0.39, 0.29) is 23.9 Å². The quantitative estimate of drug-likeness (QED) is 0.491. The highest BCUT2D eigenvalue weighted by molar-refractivity contribution is 5.91. The molecule has 8 heteroatoms. The van der Waals surface area contributed by atoms with Crippen LogP contribution in [0.3, 0.4) is 0 Å². The number of carbonyl (C=O) groups excluding carboxylic acids is 2.